The third-order valence-electron chi connectivity index (χ3n) is 14.2. The monoisotopic (exact) mass is 1420 g/mol. The number of aliphatic hydroxyl groups is 2. The van der Waals surface area contributed by atoms with Crippen LogP contribution in [0, 0.1) is 11.8 Å². The minimum Gasteiger partial charge on any atom is -0.508 e. The lowest BCUT2D eigenvalue weighted by Crippen LogP contribution is -2.61. The van der Waals surface area contributed by atoms with Crippen molar-refractivity contribution in [2.75, 3.05) is 29.6 Å². The molecule has 1 aromatic rings. The summed E-state index contributed by atoms with van der Waals surface area (Å²) in [6.45, 7) is 12.0. The molecule has 0 spiro atoms. The van der Waals surface area contributed by atoms with Crippen LogP contribution in [0.5, 0.6) is 5.75 Å². The number of benzene rings is 1. The number of hydrogen-bond donors (Lipinski definition) is 23. The average molecular weight is 1420 g/mol. The summed E-state index contributed by atoms with van der Waals surface area (Å²) in [6.07, 6.45) is -3.92. The van der Waals surface area contributed by atoms with Gasteiger partial charge in [0.2, 0.25) is 76.8 Å². The third kappa shape index (κ3) is 30.3. The first-order valence-electron chi connectivity index (χ1n) is 30.0. The van der Waals surface area contributed by atoms with E-state index in [1.807, 2.05) is 0 Å². The quantitative estimate of drug-likeness (QED) is 0.0271. The van der Waals surface area contributed by atoms with Crippen LogP contribution in [0.15, 0.2) is 24.3 Å². The SMILES string of the molecule is CC[C@H](C)[C@H](NC(=O)[C@H](CCC(=O)O)NC(=O)[C@H](CS)NC(=O)[C@@H](N)[C@@H](C)O)C(=O)N[C@@H](CS)C(=O)N[C@@H](C)C(=O)N[C@@H](Cc1ccc(O)cc1)C(=O)N[C@@H](C)C(=O)N[C@@H](C)C(=O)N[C@@H](CS)C(=O)N[C@H](C(=O)NCC(=O)N[C@@H](CS)C(=O)N[C@@H](CC(C)C)C(=O)O)[C@@H](C)O. The zero-order valence-corrected chi connectivity index (χ0v) is 57.5. The maximum absolute atomic E-state index is 13.9. The molecule has 0 fully saturated rings. The molecule has 0 heterocycles. The Balaban J connectivity index is 3.16. The number of nitrogens with two attached hydrogens (primary N) is 1. The summed E-state index contributed by atoms with van der Waals surface area (Å²) in [6, 6.07) is -13.5. The molecule has 0 saturated carbocycles. The highest BCUT2D eigenvalue weighted by Crippen LogP contribution is 2.14. The number of phenols is 1. The maximum Gasteiger partial charge on any atom is 0.326 e. The van der Waals surface area contributed by atoms with E-state index in [1.54, 1.807) is 27.7 Å². The van der Waals surface area contributed by atoms with Gasteiger partial charge in [0.25, 0.3) is 0 Å². The van der Waals surface area contributed by atoms with Crippen molar-refractivity contribution in [3.63, 3.8) is 0 Å². The number of amides is 13. The van der Waals surface area contributed by atoms with Gasteiger partial charge in [-0.25, -0.2) is 4.79 Å². The van der Waals surface area contributed by atoms with Gasteiger partial charge >= 0.3 is 11.9 Å². The molecule has 0 aliphatic heterocycles. The Morgan fingerprint density at radius 1 is 0.442 bits per heavy atom. The first kappa shape index (κ1) is 85.4. The second-order valence-corrected chi connectivity index (χ2v) is 24.2. The fraction of sp³-hybridized carbons (Fsp3) is 0.632. The molecule has 38 heteroatoms. The summed E-state index contributed by atoms with van der Waals surface area (Å²) in [7, 11) is 0. The predicted octanol–water partition coefficient (Wildman–Crippen LogP) is -6.22. The fourth-order valence-corrected chi connectivity index (χ4v) is 9.30. The van der Waals surface area contributed by atoms with E-state index in [-0.39, 0.29) is 48.2 Å². The summed E-state index contributed by atoms with van der Waals surface area (Å²) in [5.41, 5.74) is 6.06. The molecule has 20 N–H and O–H groups in total. The number of rotatable bonds is 42. The van der Waals surface area contributed by atoms with Gasteiger partial charge in [-0.15, -0.1) is 0 Å². The fourth-order valence-electron chi connectivity index (χ4n) is 8.27. The van der Waals surface area contributed by atoms with Crippen molar-refractivity contribution in [1.82, 2.24) is 69.1 Å². The molecule has 0 aromatic heterocycles. The predicted molar refractivity (Wildman–Crippen MR) is 355 cm³/mol. The molecule has 16 atom stereocenters. The number of aromatic hydroxyl groups is 1. The molecule has 0 radical (unpaired) electrons. The minimum absolute atomic E-state index is 0.0955. The van der Waals surface area contributed by atoms with Gasteiger partial charge < -0.3 is 100 Å². The van der Waals surface area contributed by atoms with E-state index in [4.69, 9.17) is 5.73 Å². The number of carboxylic acids is 2. The second kappa shape index (κ2) is 42.7. The number of carboxylic acid groups (broad SMARTS) is 2. The lowest BCUT2D eigenvalue weighted by molar-refractivity contribution is -0.142. The molecular formula is C57H92N14O20S4. The van der Waals surface area contributed by atoms with Crippen molar-refractivity contribution in [2.24, 2.45) is 17.6 Å². The lowest BCUT2D eigenvalue weighted by atomic mass is 9.97. The number of carbonyl (C=O) groups excluding carboxylic acids is 13. The standard InChI is InChI=1S/C57H92N14O20S4/c1-10-25(4)43(70-48(81)33(15-16-41(76)77)64-52(85)38(22-94)68-54(87)42(58)29(8)72)56(89)69-37(21-93)50(83)62-28(7)46(79)65-34(18-31-11-13-32(74)14-12-31)49(82)61-26(5)45(78)60-27(6)47(80)67-39(23-95)53(86)71-44(30(9)73)55(88)59-19-40(75)63-36(20-92)51(84)66-35(57(90)91)17-24(2)3/h11-14,24-30,33-39,42-44,72-74,92-95H,10,15-23,58H2,1-9H3,(H,59,88)(H,60,78)(H,61,82)(H,62,83)(H,63,75)(H,64,85)(H,65,79)(H,66,84)(H,67,80)(H,68,87)(H,69,89)(H,70,81)(H,71,86)(H,76,77)(H,90,91)/t25-,26-,27-,28-,29+,30+,33-,34-,35-,36-,37-,38-,39-,42-,43-,44-/m0/s1. The van der Waals surface area contributed by atoms with Crippen molar-refractivity contribution in [2.45, 2.75) is 185 Å². The van der Waals surface area contributed by atoms with E-state index in [0.717, 1.165) is 6.92 Å². The Bertz CT molecular complexity index is 2840. The number of aliphatic hydroxyl groups excluding tert-OH is 2. The highest BCUT2D eigenvalue weighted by molar-refractivity contribution is 7.80. The molecule has 0 aliphatic carbocycles. The largest absolute Gasteiger partial charge is 0.508 e. The molecule has 13 amide bonds. The van der Waals surface area contributed by atoms with Gasteiger partial charge in [0.1, 0.15) is 84.3 Å². The van der Waals surface area contributed by atoms with E-state index < -0.39 is 211 Å². The van der Waals surface area contributed by atoms with E-state index in [1.165, 1.54) is 52.0 Å². The Hall–Kier alpha value is -7.65. The van der Waals surface area contributed by atoms with Crippen molar-refractivity contribution < 1.29 is 97.5 Å². The smallest absolute Gasteiger partial charge is 0.326 e. The maximum atomic E-state index is 13.9. The molecule has 34 nitrogen and oxygen atoms in total. The van der Waals surface area contributed by atoms with Crippen LogP contribution in [0.1, 0.15) is 93.6 Å². The van der Waals surface area contributed by atoms with Crippen LogP contribution >= 0.6 is 50.5 Å². The Kier molecular flexibility index (Phi) is 38.4. The molecule has 0 unspecified atom stereocenters. The highest BCUT2D eigenvalue weighted by Gasteiger charge is 2.37. The first-order chi connectivity index (χ1) is 44.4. The van der Waals surface area contributed by atoms with E-state index >= 15 is 0 Å². The normalized spacial score (nSPS) is 16.2. The summed E-state index contributed by atoms with van der Waals surface area (Å²) in [5.74, 6) is -17.4. The van der Waals surface area contributed by atoms with Crippen LogP contribution in [-0.2, 0) is 78.3 Å². The molecule has 1 rings (SSSR count). The Morgan fingerprint density at radius 3 is 1.26 bits per heavy atom. The third-order valence-corrected chi connectivity index (χ3v) is 15.7. The molecule has 534 valence electrons. The van der Waals surface area contributed by atoms with Gasteiger partial charge in [-0.2, -0.15) is 50.5 Å². The number of carbonyl (C=O) groups is 15. The van der Waals surface area contributed by atoms with Crippen molar-refractivity contribution in [3.05, 3.63) is 29.8 Å². The van der Waals surface area contributed by atoms with E-state index in [2.05, 4.69) is 120 Å². The molecule has 95 heavy (non-hydrogen) atoms. The summed E-state index contributed by atoms with van der Waals surface area (Å²) in [5, 5.41) is 79.7. The zero-order chi connectivity index (χ0) is 72.7. The van der Waals surface area contributed by atoms with Crippen LogP contribution in [0.2, 0.25) is 0 Å². The van der Waals surface area contributed by atoms with E-state index in [9.17, 15) is 97.5 Å². The van der Waals surface area contributed by atoms with Crippen LogP contribution in [0.4, 0.5) is 0 Å². The Morgan fingerprint density at radius 2 is 0.821 bits per heavy atom. The summed E-state index contributed by atoms with van der Waals surface area (Å²) < 4.78 is 0. The number of aliphatic carboxylic acids is 2. The topological polar surface area (TPSA) is 540 Å². The van der Waals surface area contributed by atoms with Crippen LogP contribution in [-0.4, -0.2) is 235 Å². The highest BCUT2D eigenvalue weighted by atomic mass is 32.1. The van der Waals surface area contributed by atoms with Crippen LogP contribution in [0.25, 0.3) is 0 Å². The van der Waals surface area contributed by atoms with Gasteiger partial charge in [0, 0.05) is 35.9 Å². The van der Waals surface area contributed by atoms with Crippen molar-refractivity contribution in [1.29, 1.82) is 0 Å². The molecule has 0 saturated heterocycles. The number of phenolic OH excluding ortho intramolecular Hbond substituents is 1. The van der Waals surface area contributed by atoms with Gasteiger partial charge in [0.05, 0.1) is 18.8 Å². The molecular weight excluding hydrogens is 1330 g/mol. The number of hydrogen-bond acceptors (Lipinski definition) is 23. The summed E-state index contributed by atoms with van der Waals surface area (Å²) >= 11 is 16.4. The summed E-state index contributed by atoms with van der Waals surface area (Å²) in [4.78, 5) is 197. The van der Waals surface area contributed by atoms with E-state index in [0.29, 0.717) is 5.56 Å². The van der Waals surface area contributed by atoms with Gasteiger partial charge in [0.15, 0.2) is 0 Å². The average Bonchev–Trinajstić information content (AvgIpc) is 0.959. The van der Waals surface area contributed by atoms with Gasteiger partial charge in [-0.3, -0.25) is 67.1 Å². The number of thiol groups is 4. The zero-order valence-electron chi connectivity index (χ0n) is 53.9. The molecule has 0 bridgehead atoms. The Labute approximate surface area is 571 Å². The molecule has 1 aromatic carbocycles. The molecule has 0 aliphatic rings. The van der Waals surface area contributed by atoms with Crippen molar-refractivity contribution >= 4 is 139 Å². The lowest BCUT2D eigenvalue weighted by Gasteiger charge is -2.29. The van der Waals surface area contributed by atoms with Crippen molar-refractivity contribution in [3.8, 4) is 5.75 Å². The minimum atomic E-state index is -1.72. The number of nitrogens with one attached hydrogen (secondary N) is 13. The van der Waals surface area contributed by atoms with Gasteiger partial charge in [-0.1, -0.05) is 46.2 Å². The second-order valence-electron chi connectivity index (χ2n) is 22.8. The van der Waals surface area contributed by atoms with Gasteiger partial charge in [-0.05, 0) is 77.0 Å². The first-order valence-corrected chi connectivity index (χ1v) is 32.6. The van der Waals surface area contributed by atoms with Crippen LogP contribution < -0.4 is 74.9 Å². The van der Waals surface area contributed by atoms with Crippen LogP contribution in [0.3, 0.4) is 0 Å².